The van der Waals surface area contributed by atoms with Gasteiger partial charge in [0.15, 0.2) is 0 Å². The van der Waals surface area contributed by atoms with Crippen LogP contribution in [-0.2, 0) is 4.79 Å². The van der Waals surface area contributed by atoms with Gasteiger partial charge in [-0.25, -0.2) is 0 Å². The molecule has 1 heterocycles. The minimum atomic E-state index is -0.186. The highest BCUT2D eigenvalue weighted by Gasteiger charge is 2.28. The van der Waals surface area contributed by atoms with E-state index < -0.39 is 0 Å². The smallest absolute Gasteiger partial charge is 0.235 e. The fourth-order valence-electron chi connectivity index (χ4n) is 2.22. The fourth-order valence-corrected chi connectivity index (χ4v) is 2.39. The summed E-state index contributed by atoms with van der Waals surface area (Å²) in [5, 5.41) is -0.186. The van der Waals surface area contributed by atoms with Crippen LogP contribution < -0.4 is 0 Å². The third-order valence-electron chi connectivity index (χ3n) is 3.13. The van der Waals surface area contributed by atoms with Gasteiger partial charge in [0.2, 0.25) is 5.91 Å². The van der Waals surface area contributed by atoms with Gasteiger partial charge in [-0.3, -0.25) is 4.79 Å². The zero-order valence-corrected chi connectivity index (χ0v) is 10.4. The van der Waals surface area contributed by atoms with Crippen LogP contribution in [0.15, 0.2) is 30.3 Å². The molecular formula is C13H17NOS. The Hall–Kier alpha value is -0.960. The summed E-state index contributed by atoms with van der Waals surface area (Å²) in [6.45, 7) is 3.54. The van der Waals surface area contributed by atoms with Gasteiger partial charge < -0.3 is 4.90 Å². The Balaban J connectivity index is 2.01. The lowest BCUT2D eigenvalue weighted by molar-refractivity contribution is -0.129. The average Bonchev–Trinajstić information content (AvgIpc) is 2.78. The van der Waals surface area contributed by atoms with Gasteiger partial charge in [-0.05, 0) is 18.9 Å². The summed E-state index contributed by atoms with van der Waals surface area (Å²) in [5.41, 5.74) is 1.34. The Labute approximate surface area is 102 Å². The summed E-state index contributed by atoms with van der Waals surface area (Å²) < 4.78 is 0. The number of carbonyl (C=O) groups is 1. The number of hydrogen-bond donors (Lipinski definition) is 1. The van der Waals surface area contributed by atoms with Gasteiger partial charge in [0.25, 0.3) is 0 Å². The lowest BCUT2D eigenvalue weighted by Gasteiger charge is -2.18. The molecule has 0 radical (unpaired) electrons. The normalized spacial score (nSPS) is 22.1. The molecule has 2 rings (SSSR count). The maximum absolute atomic E-state index is 11.8. The summed E-state index contributed by atoms with van der Waals surface area (Å²) in [6.07, 6.45) is 1.07. The van der Waals surface area contributed by atoms with E-state index in [4.69, 9.17) is 0 Å². The van der Waals surface area contributed by atoms with Gasteiger partial charge in [0, 0.05) is 19.0 Å². The third-order valence-corrected chi connectivity index (χ3v) is 3.35. The van der Waals surface area contributed by atoms with E-state index in [0.717, 1.165) is 19.5 Å². The van der Waals surface area contributed by atoms with E-state index in [2.05, 4.69) is 36.9 Å². The van der Waals surface area contributed by atoms with Crippen molar-refractivity contribution >= 4 is 18.5 Å². The summed E-state index contributed by atoms with van der Waals surface area (Å²) in [7, 11) is 0. The molecule has 1 fully saturated rings. The van der Waals surface area contributed by atoms with E-state index in [9.17, 15) is 4.79 Å². The Bertz CT molecular complexity index is 363. The summed E-state index contributed by atoms with van der Waals surface area (Å²) in [4.78, 5) is 13.7. The fraction of sp³-hybridized carbons (Fsp3) is 0.462. The molecular weight excluding hydrogens is 218 g/mol. The van der Waals surface area contributed by atoms with Gasteiger partial charge in [0.1, 0.15) is 0 Å². The van der Waals surface area contributed by atoms with E-state index >= 15 is 0 Å². The first-order chi connectivity index (χ1) is 7.68. The van der Waals surface area contributed by atoms with Gasteiger partial charge in [-0.15, -0.1) is 0 Å². The van der Waals surface area contributed by atoms with Crippen LogP contribution in [0, 0.1) is 0 Å². The molecule has 1 aromatic rings. The van der Waals surface area contributed by atoms with Crippen LogP contribution in [-0.4, -0.2) is 29.1 Å². The predicted octanol–water partition coefficient (Wildman–Crippen LogP) is 2.32. The van der Waals surface area contributed by atoms with E-state index in [1.54, 1.807) is 0 Å². The number of nitrogens with zero attached hydrogens (tertiary/aromatic N) is 1. The largest absolute Gasteiger partial charge is 0.341 e. The number of rotatable bonds is 2. The molecule has 2 unspecified atom stereocenters. The second-order valence-electron chi connectivity index (χ2n) is 4.36. The molecule has 1 amide bonds. The first-order valence-electron chi connectivity index (χ1n) is 5.70. The van der Waals surface area contributed by atoms with Gasteiger partial charge in [-0.2, -0.15) is 12.6 Å². The molecule has 0 bridgehead atoms. The van der Waals surface area contributed by atoms with Crippen molar-refractivity contribution in [3.8, 4) is 0 Å². The molecule has 1 aliphatic rings. The van der Waals surface area contributed by atoms with Gasteiger partial charge >= 0.3 is 0 Å². The molecule has 2 atom stereocenters. The summed E-state index contributed by atoms with van der Waals surface area (Å²) >= 11 is 4.19. The molecule has 0 aliphatic carbocycles. The number of thiol groups is 1. The maximum atomic E-state index is 11.8. The Kier molecular flexibility index (Phi) is 3.54. The lowest BCUT2D eigenvalue weighted by atomic mass is 9.99. The van der Waals surface area contributed by atoms with E-state index in [1.807, 2.05) is 17.9 Å². The van der Waals surface area contributed by atoms with Crippen molar-refractivity contribution in [2.45, 2.75) is 24.5 Å². The first-order valence-corrected chi connectivity index (χ1v) is 6.22. The predicted molar refractivity (Wildman–Crippen MR) is 68.8 cm³/mol. The van der Waals surface area contributed by atoms with Crippen LogP contribution in [0.1, 0.15) is 24.8 Å². The van der Waals surface area contributed by atoms with Crippen molar-refractivity contribution in [1.29, 1.82) is 0 Å². The molecule has 16 heavy (non-hydrogen) atoms. The molecule has 0 saturated carbocycles. The van der Waals surface area contributed by atoms with E-state index in [1.165, 1.54) is 5.56 Å². The molecule has 2 nitrogen and oxygen atoms in total. The van der Waals surface area contributed by atoms with Crippen LogP contribution in [0.4, 0.5) is 0 Å². The minimum absolute atomic E-state index is 0.154. The van der Waals surface area contributed by atoms with Crippen molar-refractivity contribution < 1.29 is 4.79 Å². The molecule has 1 saturated heterocycles. The van der Waals surface area contributed by atoms with Crippen LogP contribution in [0.3, 0.4) is 0 Å². The Morgan fingerprint density at radius 2 is 2.12 bits per heavy atom. The molecule has 0 spiro atoms. The number of likely N-dealkylation sites (tertiary alicyclic amines) is 1. The lowest BCUT2D eigenvalue weighted by Crippen LogP contribution is -2.33. The van der Waals surface area contributed by atoms with Crippen molar-refractivity contribution in [2.24, 2.45) is 0 Å². The highest BCUT2D eigenvalue weighted by atomic mass is 32.1. The van der Waals surface area contributed by atoms with Gasteiger partial charge in [0.05, 0.1) is 5.25 Å². The van der Waals surface area contributed by atoms with Crippen molar-refractivity contribution in [3.63, 3.8) is 0 Å². The van der Waals surface area contributed by atoms with Crippen LogP contribution in [0.5, 0.6) is 0 Å². The topological polar surface area (TPSA) is 20.3 Å². The number of amides is 1. The Morgan fingerprint density at radius 3 is 2.75 bits per heavy atom. The van der Waals surface area contributed by atoms with Crippen LogP contribution in [0.2, 0.25) is 0 Å². The average molecular weight is 235 g/mol. The quantitative estimate of drug-likeness (QED) is 0.780. The zero-order valence-electron chi connectivity index (χ0n) is 9.47. The van der Waals surface area contributed by atoms with Crippen LogP contribution >= 0.6 is 12.6 Å². The first kappa shape index (κ1) is 11.5. The van der Waals surface area contributed by atoms with Crippen molar-refractivity contribution in [3.05, 3.63) is 35.9 Å². The molecule has 86 valence electrons. The SMILES string of the molecule is CC(S)C(=O)N1CCC(c2ccccc2)C1. The Morgan fingerprint density at radius 1 is 1.44 bits per heavy atom. The third kappa shape index (κ3) is 2.40. The molecule has 1 aliphatic heterocycles. The number of hydrogen-bond acceptors (Lipinski definition) is 2. The van der Waals surface area contributed by atoms with Crippen LogP contribution in [0.25, 0.3) is 0 Å². The molecule has 3 heteroatoms. The molecule has 1 aromatic carbocycles. The second-order valence-corrected chi connectivity index (χ2v) is 5.13. The van der Waals surface area contributed by atoms with Gasteiger partial charge in [-0.1, -0.05) is 30.3 Å². The van der Waals surface area contributed by atoms with E-state index in [-0.39, 0.29) is 11.2 Å². The maximum Gasteiger partial charge on any atom is 0.235 e. The highest BCUT2D eigenvalue weighted by Crippen LogP contribution is 2.27. The minimum Gasteiger partial charge on any atom is -0.341 e. The van der Waals surface area contributed by atoms with E-state index in [0.29, 0.717) is 5.92 Å². The number of benzene rings is 1. The summed E-state index contributed by atoms with van der Waals surface area (Å²) in [6, 6.07) is 10.4. The highest BCUT2D eigenvalue weighted by molar-refractivity contribution is 7.81. The number of carbonyl (C=O) groups excluding carboxylic acids is 1. The molecule has 0 N–H and O–H groups in total. The summed E-state index contributed by atoms with van der Waals surface area (Å²) in [5.74, 6) is 0.652. The monoisotopic (exact) mass is 235 g/mol. The zero-order chi connectivity index (χ0) is 11.5. The van der Waals surface area contributed by atoms with Crippen molar-refractivity contribution in [1.82, 2.24) is 4.90 Å². The standard InChI is InChI=1S/C13H17NOS/c1-10(16)13(15)14-8-7-12(9-14)11-5-3-2-4-6-11/h2-6,10,12,16H,7-9H2,1H3. The second kappa shape index (κ2) is 4.91. The molecule has 0 aromatic heterocycles. The van der Waals surface area contributed by atoms with Crippen molar-refractivity contribution in [2.75, 3.05) is 13.1 Å².